The van der Waals surface area contributed by atoms with Gasteiger partial charge in [0, 0.05) is 39.3 Å². The van der Waals surface area contributed by atoms with Crippen molar-refractivity contribution in [3.63, 3.8) is 0 Å². The molecule has 0 spiro atoms. The van der Waals surface area contributed by atoms with E-state index in [1.807, 2.05) is 19.3 Å². The zero-order valence-electron chi connectivity index (χ0n) is 11.5. The second-order valence-corrected chi connectivity index (χ2v) is 4.89. The van der Waals surface area contributed by atoms with Crippen molar-refractivity contribution in [2.75, 3.05) is 43.6 Å². The van der Waals surface area contributed by atoms with Gasteiger partial charge in [-0.25, -0.2) is 10.4 Å². The van der Waals surface area contributed by atoms with Crippen LogP contribution < -0.4 is 15.8 Å². The first kappa shape index (κ1) is 13.1. The van der Waals surface area contributed by atoms with Crippen LogP contribution in [0.2, 0.25) is 0 Å². The van der Waals surface area contributed by atoms with Crippen LogP contribution in [0, 0.1) is 0 Å². The van der Waals surface area contributed by atoms with Gasteiger partial charge < -0.3 is 10.3 Å². The topological polar surface area (TPSA) is 43.4 Å². The Bertz CT molecular complexity index is 354. The van der Waals surface area contributed by atoms with E-state index in [1.165, 1.54) is 5.69 Å². The molecular weight excluding hydrogens is 226 g/mol. The Morgan fingerprint density at radius 1 is 1.17 bits per heavy atom. The summed E-state index contributed by atoms with van der Waals surface area (Å²) in [6.45, 7) is 8.95. The zero-order chi connectivity index (χ0) is 13.0. The van der Waals surface area contributed by atoms with Crippen molar-refractivity contribution in [1.29, 1.82) is 0 Å². The second-order valence-electron chi connectivity index (χ2n) is 4.89. The number of rotatable bonds is 4. The standard InChI is InChI=1S/C13H23N5/c1-11(2)17-6-8-18(9-7-17)12-4-5-13(15-10-12)16-14-3/h4-5,10-11,14H,6-9H2,1-3H3,(H,15,16). The Morgan fingerprint density at radius 3 is 2.39 bits per heavy atom. The molecule has 1 aromatic rings. The molecule has 5 heteroatoms. The minimum Gasteiger partial charge on any atom is -0.368 e. The Labute approximate surface area is 109 Å². The largest absolute Gasteiger partial charge is 0.368 e. The van der Waals surface area contributed by atoms with E-state index in [0.29, 0.717) is 6.04 Å². The Hall–Kier alpha value is -1.33. The van der Waals surface area contributed by atoms with Gasteiger partial charge in [0.1, 0.15) is 5.82 Å². The quantitative estimate of drug-likeness (QED) is 0.784. The van der Waals surface area contributed by atoms with E-state index in [1.54, 1.807) is 0 Å². The summed E-state index contributed by atoms with van der Waals surface area (Å²) in [6, 6.07) is 4.77. The first-order valence-electron chi connectivity index (χ1n) is 6.58. The molecule has 2 N–H and O–H groups in total. The Balaban J connectivity index is 1.93. The first-order valence-corrected chi connectivity index (χ1v) is 6.58. The summed E-state index contributed by atoms with van der Waals surface area (Å²) in [7, 11) is 1.83. The zero-order valence-corrected chi connectivity index (χ0v) is 11.5. The number of piperazine rings is 1. The third kappa shape index (κ3) is 3.11. The summed E-state index contributed by atoms with van der Waals surface area (Å²) < 4.78 is 0. The van der Waals surface area contributed by atoms with E-state index in [9.17, 15) is 0 Å². The molecule has 0 atom stereocenters. The van der Waals surface area contributed by atoms with Crippen LogP contribution in [-0.4, -0.2) is 49.2 Å². The van der Waals surface area contributed by atoms with Gasteiger partial charge in [0.05, 0.1) is 11.9 Å². The predicted molar refractivity (Wildman–Crippen MR) is 75.8 cm³/mol. The van der Waals surface area contributed by atoms with Gasteiger partial charge in [0.2, 0.25) is 0 Å². The van der Waals surface area contributed by atoms with Crippen LogP contribution in [0.15, 0.2) is 18.3 Å². The molecule has 0 saturated carbocycles. The number of hydrogen-bond acceptors (Lipinski definition) is 5. The summed E-state index contributed by atoms with van der Waals surface area (Å²) in [6.07, 6.45) is 1.94. The fourth-order valence-corrected chi connectivity index (χ4v) is 2.27. The highest BCUT2D eigenvalue weighted by atomic mass is 15.4. The van der Waals surface area contributed by atoms with E-state index in [-0.39, 0.29) is 0 Å². The highest BCUT2D eigenvalue weighted by Crippen LogP contribution is 2.17. The van der Waals surface area contributed by atoms with Crippen molar-refractivity contribution in [3.05, 3.63) is 18.3 Å². The molecule has 18 heavy (non-hydrogen) atoms. The van der Waals surface area contributed by atoms with Crippen LogP contribution in [0.1, 0.15) is 13.8 Å². The molecule has 2 rings (SSSR count). The van der Waals surface area contributed by atoms with E-state index < -0.39 is 0 Å². The third-order valence-corrected chi connectivity index (χ3v) is 3.41. The summed E-state index contributed by atoms with van der Waals surface area (Å²) >= 11 is 0. The fraction of sp³-hybridized carbons (Fsp3) is 0.615. The molecule has 2 heterocycles. The van der Waals surface area contributed by atoms with E-state index in [4.69, 9.17) is 0 Å². The van der Waals surface area contributed by atoms with Crippen LogP contribution in [0.25, 0.3) is 0 Å². The second kappa shape index (κ2) is 6.02. The maximum absolute atomic E-state index is 4.37. The highest BCUT2D eigenvalue weighted by Gasteiger charge is 2.18. The monoisotopic (exact) mass is 249 g/mol. The number of nitrogens with zero attached hydrogens (tertiary/aromatic N) is 3. The predicted octanol–water partition coefficient (Wildman–Crippen LogP) is 1.16. The molecule has 1 aliphatic rings. The molecule has 0 radical (unpaired) electrons. The average Bonchev–Trinajstić information content (AvgIpc) is 2.40. The van der Waals surface area contributed by atoms with Crippen molar-refractivity contribution in [3.8, 4) is 0 Å². The van der Waals surface area contributed by atoms with Crippen molar-refractivity contribution >= 4 is 11.5 Å². The first-order chi connectivity index (χ1) is 8.70. The summed E-state index contributed by atoms with van der Waals surface area (Å²) in [5.41, 5.74) is 7.05. The van der Waals surface area contributed by atoms with E-state index in [0.717, 1.165) is 32.0 Å². The molecule has 100 valence electrons. The highest BCUT2D eigenvalue weighted by molar-refractivity contribution is 5.49. The fourth-order valence-electron chi connectivity index (χ4n) is 2.27. The van der Waals surface area contributed by atoms with Crippen molar-refractivity contribution in [2.24, 2.45) is 0 Å². The van der Waals surface area contributed by atoms with Crippen molar-refractivity contribution in [2.45, 2.75) is 19.9 Å². The van der Waals surface area contributed by atoms with E-state index in [2.05, 4.69) is 45.5 Å². The van der Waals surface area contributed by atoms with E-state index >= 15 is 0 Å². The Kier molecular flexibility index (Phi) is 4.38. The van der Waals surface area contributed by atoms with Gasteiger partial charge in [-0.2, -0.15) is 0 Å². The molecule has 1 aromatic heterocycles. The molecule has 0 amide bonds. The van der Waals surface area contributed by atoms with Crippen LogP contribution in [0.3, 0.4) is 0 Å². The molecular formula is C13H23N5. The number of hydrogen-bond donors (Lipinski definition) is 2. The molecule has 0 unspecified atom stereocenters. The summed E-state index contributed by atoms with van der Waals surface area (Å²) in [5, 5.41) is 0. The minimum atomic E-state index is 0.646. The molecule has 1 aliphatic heterocycles. The SMILES string of the molecule is CNNc1ccc(N2CCN(C(C)C)CC2)cn1. The summed E-state index contributed by atoms with van der Waals surface area (Å²) in [5.74, 6) is 0.849. The molecule has 0 aromatic carbocycles. The molecule has 5 nitrogen and oxygen atoms in total. The lowest BCUT2D eigenvalue weighted by Crippen LogP contribution is -2.48. The number of pyridine rings is 1. The van der Waals surface area contributed by atoms with Crippen molar-refractivity contribution < 1.29 is 0 Å². The molecule has 0 aliphatic carbocycles. The number of aromatic nitrogens is 1. The smallest absolute Gasteiger partial charge is 0.140 e. The van der Waals surface area contributed by atoms with Crippen LogP contribution in [0.5, 0.6) is 0 Å². The normalized spacial score (nSPS) is 17.2. The van der Waals surface area contributed by atoms with Gasteiger partial charge in [-0.3, -0.25) is 4.90 Å². The molecule has 0 bridgehead atoms. The van der Waals surface area contributed by atoms with Crippen molar-refractivity contribution in [1.82, 2.24) is 15.3 Å². The van der Waals surface area contributed by atoms with Crippen LogP contribution >= 0.6 is 0 Å². The maximum Gasteiger partial charge on any atom is 0.140 e. The van der Waals surface area contributed by atoms with Gasteiger partial charge in [-0.15, -0.1) is 0 Å². The van der Waals surface area contributed by atoms with Gasteiger partial charge in [-0.1, -0.05) is 0 Å². The van der Waals surface area contributed by atoms with Gasteiger partial charge in [-0.05, 0) is 26.0 Å². The molecule has 1 saturated heterocycles. The van der Waals surface area contributed by atoms with Gasteiger partial charge in [0.15, 0.2) is 0 Å². The lowest BCUT2D eigenvalue weighted by Gasteiger charge is -2.38. The average molecular weight is 249 g/mol. The third-order valence-electron chi connectivity index (χ3n) is 3.41. The maximum atomic E-state index is 4.37. The summed E-state index contributed by atoms with van der Waals surface area (Å²) in [4.78, 5) is 9.28. The lowest BCUT2D eigenvalue weighted by atomic mass is 10.2. The van der Waals surface area contributed by atoms with Gasteiger partial charge in [0.25, 0.3) is 0 Å². The Morgan fingerprint density at radius 2 is 1.89 bits per heavy atom. The lowest BCUT2D eigenvalue weighted by molar-refractivity contribution is 0.209. The van der Waals surface area contributed by atoms with Crippen LogP contribution in [0.4, 0.5) is 11.5 Å². The number of nitrogens with one attached hydrogen (secondary N) is 2. The number of hydrazine groups is 1. The van der Waals surface area contributed by atoms with Crippen LogP contribution in [-0.2, 0) is 0 Å². The minimum absolute atomic E-state index is 0.646. The number of anilines is 2. The van der Waals surface area contributed by atoms with Gasteiger partial charge >= 0.3 is 0 Å². The molecule has 1 fully saturated rings.